The molecule has 0 amide bonds. The number of nitrogens with zero attached hydrogens (tertiary/aromatic N) is 3. The molecule has 3 rings (SSSR count). The molecule has 1 heterocycles. The molecule has 0 aliphatic rings. The van der Waals surface area contributed by atoms with Crippen molar-refractivity contribution in [3.63, 3.8) is 0 Å². The van der Waals surface area contributed by atoms with E-state index in [1.165, 1.54) is 19.1 Å². The Bertz CT molecular complexity index is 1280. The zero-order valence-corrected chi connectivity index (χ0v) is 16.4. The molecule has 0 bridgehead atoms. The van der Waals surface area contributed by atoms with Crippen LogP contribution in [-0.4, -0.2) is 20.4 Å². The first-order chi connectivity index (χ1) is 14.3. The lowest BCUT2D eigenvalue weighted by molar-refractivity contribution is -0.384. The summed E-state index contributed by atoms with van der Waals surface area (Å²) in [6.07, 6.45) is 0. The van der Waals surface area contributed by atoms with Crippen molar-refractivity contribution in [2.24, 2.45) is 0 Å². The average Bonchev–Trinajstić information content (AvgIpc) is 2.72. The number of nitriles is 1. The van der Waals surface area contributed by atoms with Crippen LogP contribution in [0.1, 0.15) is 32.6 Å². The van der Waals surface area contributed by atoms with Gasteiger partial charge in [-0.15, -0.1) is 0 Å². The monoisotopic (exact) mass is 423 g/mol. The number of hydrogen-bond donors (Lipinski definition) is 1. The lowest BCUT2D eigenvalue weighted by Crippen LogP contribution is -2.27. The molecule has 0 saturated carbocycles. The molecule has 0 atom stereocenters. The zero-order valence-electron chi connectivity index (χ0n) is 15.6. The second-order valence-electron chi connectivity index (χ2n) is 6.44. The third-order valence-electron chi connectivity index (χ3n) is 4.62. The summed E-state index contributed by atoms with van der Waals surface area (Å²) in [5.74, 6) is -1.40. The van der Waals surface area contributed by atoms with Crippen molar-refractivity contribution < 1.29 is 14.8 Å². The second kappa shape index (κ2) is 8.19. The van der Waals surface area contributed by atoms with Gasteiger partial charge in [-0.25, -0.2) is 0 Å². The number of aromatic hydroxyl groups is 1. The van der Waals surface area contributed by atoms with Gasteiger partial charge in [-0.1, -0.05) is 41.9 Å². The van der Waals surface area contributed by atoms with E-state index in [4.69, 9.17) is 11.6 Å². The number of ketones is 1. The van der Waals surface area contributed by atoms with Crippen LogP contribution in [0.15, 0.2) is 53.3 Å². The number of aromatic nitrogens is 1. The van der Waals surface area contributed by atoms with E-state index in [2.05, 4.69) is 0 Å². The molecule has 0 aliphatic heterocycles. The van der Waals surface area contributed by atoms with E-state index in [9.17, 15) is 30.1 Å². The van der Waals surface area contributed by atoms with Crippen molar-refractivity contribution in [3.8, 4) is 11.9 Å². The van der Waals surface area contributed by atoms with Crippen molar-refractivity contribution in [1.29, 1.82) is 5.26 Å². The van der Waals surface area contributed by atoms with E-state index in [1.807, 2.05) is 0 Å². The number of carbonyl (C=O) groups excluding carboxylic acids is 1. The quantitative estimate of drug-likeness (QED) is 0.379. The number of nitro benzene ring substituents is 1. The van der Waals surface area contributed by atoms with Gasteiger partial charge in [-0.2, -0.15) is 5.26 Å². The third kappa shape index (κ3) is 3.66. The Labute approximate surface area is 175 Å². The van der Waals surface area contributed by atoms with E-state index in [0.717, 1.165) is 10.6 Å². The minimum Gasteiger partial charge on any atom is -0.494 e. The van der Waals surface area contributed by atoms with Gasteiger partial charge in [0.1, 0.15) is 16.7 Å². The average molecular weight is 424 g/mol. The Morgan fingerprint density at radius 1 is 1.27 bits per heavy atom. The Morgan fingerprint density at radius 3 is 2.53 bits per heavy atom. The molecule has 0 radical (unpaired) electrons. The van der Waals surface area contributed by atoms with Gasteiger partial charge < -0.3 is 5.11 Å². The van der Waals surface area contributed by atoms with Crippen LogP contribution in [-0.2, 0) is 6.54 Å². The van der Waals surface area contributed by atoms with E-state index in [0.29, 0.717) is 5.56 Å². The van der Waals surface area contributed by atoms with Crippen molar-refractivity contribution in [2.75, 3.05) is 0 Å². The largest absolute Gasteiger partial charge is 0.494 e. The molecule has 3 aromatic rings. The van der Waals surface area contributed by atoms with Crippen molar-refractivity contribution >= 4 is 23.1 Å². The van der Waals surface area contributed by atoms with Crippen molar-refractivity contribution in [3.05, 3.63) is 102 Å². The van der Waals surface area contributed by atoms with Crippen LogP contribution in [0.2, 0.25) is 5.02 Å². The van der Waals surface area contributed by atoms with Crippen LogP contribution in [0, 0.1) is 28.4 Å². The highest BCUT2D eigenvalue weighted by Crippen LogP contribution is 2.30. The topological polar surface area (TPSA) is 126 Å². The normalized spacial score (nSPS) is 10.4. The molecular formula is C21H14ClN3O5. The molecular weight excluding hydrogens is 410 g/mol. The Morgan fingerprint density at radius 2 is 1.93 bits per heavy atom. The number of hydrogen-bond acceptors (Lipinski definition) is 6. The molecule has 150 valence electrons. The Balaban J connectivity index is 2.22. The first-order valence-electron chi connectivity index (χ1n) is 8.65. The molecule has 0 aliphatic carbocycles. The van der Waals surface area contributed by atoms with Crippen LogP contribution < -0.4 is 5.56 Å². The number of benzene rings is 2. The zero-order chi connectivity index (χ0) is 22.0. The van der Waals surface area contributed by atoms with E-state index >= 15 is 0 Å². The first-order valence-corrected chi connectivity index (χ1v) is 9.03. The molecule has 1 aromatic heterocycles. The summed E-state index contributed by atoms with van der Waals surface area (Å²) in [4.78, 5) is 36.2. The number of halogens is 1. The van der Waals surface area contributed by atoms with E-state index < -0.39 is 27.8 Å². The van der Waals surface area contributed by atoms with Gasteiger partial charge in [0.05, 0.1) is 17.0 Å². The standard InChI is InChI=1S/C21H14ClN3O5/c1-12-15(10-23)20(27)24(11-13-5-3-2-4-6-13)21(28)18(12)19(26)14-7-8-16(22)17(9-14)25(29)30/h2-9,28H,11H2,1H3. The molecule has 0 spiro atoms. The summed E-state index contributed by atoms with van der Waals surface area (Å²) < 4.78 is 0.929. The number of nitro groups is 1. The predicted octanol–water partition coefficient (Wildman–Crippen LogP) is 3.57. The number of carbonyl (C=O) groups is 1. The van der Waals surface area contributed by atoms with E-state index in [-0.39, 0.29) is 33.8 Å². The highest BCUT2D eigenvalue weighted by atomic mass is 35.5. The minimum atomic E-state index is -0.775. The summed E-state index contributed by atoms with van der Waals surface area (Å²) in [6, 6.07) is 14.0. The maximum Gasteiger partial charge on any atom is 0.288 e. The molecule has 8 nitrogen and oxygen atoms in total. The van der Waals surface area contributed by atoms with Gasteiger partial charge >= 0.3 is 0 Å². The molecule has 1 N–H and O–H groups in total. The lowest BCUT2D eigenvalue weighted by Gasteiger charge is -2.15. The predicted molar refractivity (Wildman–Crippen MR) is 109 cm³/mol. The minimum absolute atomic E-state index is 0.00749. The highest BCUT2D eigenvalue weighted by molar-refractivity contribution is 6.32. The van der Waals surface area contributed by atoms with Crippen LogP contribution in [0.4, 0.5) is 5.69 Å². The second-order valence-corrected chi connectivity index (χ2v) is 6.85. The van der Waals surface area contributed by atoms with E-state index in [1.54, 1.807) is 36.4 Å². The summed E-state index contributed by atoms with van der Waals surface area (Å²) in [7, 11) is 0. The third-order valence-corrected chi connectivity index (χ3v) is 4.94. The highest BCUT2D eigenvalue weighted by Gasteiger charge is 2.26. The van der Waals surface area contributed by atoms with Gasteiger partial charge in [-0.3, -0.25) is 24.3 Å². The van der Waals surface area contributed by atoms with Gasteiger partial charge in [-0.05, 0) is 30.2 Å². The summed E-state index contributed by atoms with van der Waals surface area (Å²) >= 11 is 5.80. The van der Waals surface area contributed by atoms with Gasteiger partial charge in [0, 0.05) is 11.6 Å². The van der Waals surface area contributed by atoms with Crippen LogP contribution >= 0.6 is 11.6 Å². The smallest absolute Gasteiger partial charge is 0.288 e. The molecule has 2 aromatic carbocycles. The lowest BCUT2D eigenvalue weighted by atomic mass is 9.97. The maximum absolute atomic E-state index is 13.1. The van der Waals surface area contributed by atoms with Gasteiger partial charge in [0.25, 0.3) is 11.2 Å². The van der Waals surface area contributed by atoms with Gasteiger partial charge in [0.15, 0.2) is 5.78 Å². The molecule has 0 fully saturated rings. The number of rotatable bonds is 5. The molecule has 0 unspecified atom stereocenters. The fourth-order valence-corrected chi connectivity index (χ4v) is 3.26. The van der Waals surface area contributed by atoms with Crippen molar-refractivity contribution in [1.82, 2.24) is 4.57 Å². The summed E-state index contributed by atoms with van der Waals surface area (Å²) in [6.45, 7) is 1.30. The molecule has 0 saturated heterocycles. The molecule has 9 heteroatoms. The fourth-order valence-electron chi connectivity index (χ4n) is 3.07. The maximum atomic E-state index is 13.1. The summed E-state index contributed by atoms with van der Waals surface area (Å²) in [5, 5.41) is 31.2. The fraction of sp³-hybridized carbons (Fsp3) is 0.0952. The summed E-state index contributed by atoms with van der Waals surface area (Å²) in [5.41, 5.74) is -1.24. The Hall–Kier alpha value is -3.96. The van der Waals surface area contributed by atoms with Crippen LogP contribution in [0.5, 0.6) is 5.88 Å². The number of pyridine rings is 1. The van der Waals surface area contributed by atoms with Crippen molar-refractivity contribution in [2.45, 2.75) is 13.5 Å². The molecule has 30 heavy (non-hydrogen) atoms. The van der Waals surface area contributed by atoms with Gasteiger partial charge in [0.2, 0.25) is 5.88 Å². The van der Waals surface area contributed by atoms with Crippen LogP contribution in [0.25, 0.3) is 0 Å². The first kappa shape index (κ1) is 20.8. The SMILES string of the molecule is Cc1c(C(=O)c2ccc(Cl)c([N+](=O)[O-])c2)c(O)n(Cc2ccccc2)c(=O)c1C#N. The Kier molecular flexibility index (Phi) is 5.67. The van der Waals surface area contributed by atoms with Crippen LogP contribution in [0.3, 0.4) is 0 Å².